The van der Waals surface area contributed by atoms with E-state index in [1.165, 1.54) is 61.9 Å². The zero-order chi connectivity index (χ0) is 14.1. The van der Waals surface area contributed by atoms with Gasteiger partial charge in [0.05, 0.1) is 5.52 Å². The number of piperidine rings is 1. The van der Waals surface area contributed by atoms with Crippen LogP contribution in [-0.4, -0.2) is 36.1 Å². The van der Waals surface area contributed by atoms with E-state index >= 15 is 0 Å². The summed E-state index contributed by atoms with van der Waals surface area (Å²) in [5, 5.41) is 4.75. The fourth-order valence-electron chi connectivity index (χ4n) is 4.06. The van der Waals surface area contributed by atoms with E-state index < -0.39 is 0 Å². The lowest BCUT2D eigenvalue weighted by molar-refractivity contribution is 0.194. The lowest BCUT2D eigenvalue weighted by Crippen LogP contribution is -2.38. The summed E-state index contributed by atoms with van der Waals surface area (Å²) in [6, 6.07) is 10.7. The maximum absolute atomic E-state index is 4.59. The Labute approximate surface area is 126 Å². The summed E-state index contributed by atoms with van der Waals surface area (Å²) >= 11 is 0. The summed E-state index contributed by atoms with van der Waals surface area (Å²) in [6.45, 7) is 5.94. The van der Waals surface area contributed by atoms with Crippen molar-refractivity contribution in [1.82, 2.24) is 15.2 Å². The van der Waals surface area contributed by atoms with Crippen molar-refractivity contribution in [3.8, 4) is 0 Å². The summed E-state index contributed by atoms with van der Waals surface area (Å²) in [5.74, 6) is 0. The van der Waals surface area contributed by atoms with Crippen LogP contribution in [0, 0.1) is 5.41 Å². The predicted molar refractivity (Wildman–Crippen MR) is 86.2 cm³/mol. The van der Waals surface area contributed by atoms with Crippen LogP contribution in [0.3, 0.4) is 0 Å². The molecule has 4 rings (SSSR count). The largest absolute Gasteiger partial charge is 0.317 e. The number of nitrogens with one attached hydrogen (secondary N) is 1. The van der Waals surface area contributed by atoms with E-state index in [9.17, 15) is 0 Å². The Bertz CT molecular complexity index is 626. The number of hydrogen-bond donors (Lipinski definition) is 1. The minimum atomic E-state index is 0.587. The molecule has 0 atom stereocenters. The van der Waals surface area contributed by atoms with Crippen molar-refractivity contribution in [2.75, 3.05) is 26.2 Å². The highest BCUT2D eigenvalue weighted by Gasteiger charge is 2.38. The van der Waals surface area contributed by atoms with Gasteiger partial charge in [-0.3, -0.25) is 9.88 Å². The van der Waals surface area contributed by atoms with E-state index in [1.54, 1.807) is 0 Å². The first-order chi connectivity index (χ1) is 10.3. The highest BCUT2D eigenvalue weighted by Crippen LogP contribution is 2.39. The number of benzene rings is 1. The zero-order valence-corrected chi connectivity index (χ0v) is 12.5. The molecule has 2 aliphatic rings. The van der Waals surface area contributed by atoms with Gasteiger partial charge in [-0.15, -0.1) is 0 Å². The van der Waals surface area contributed by atoms with Crippen LogP contribution in [-0.2, 0) is 6.54 Å². The number of para-hydroxylation sites is 1. The van der Waals surface area contributed by atoms with E-state index in [0.717, 1.165) is 6.54 Å². The zero-order valence-electron chi connectivity index (χ0n) is 12.5. The summed E-state index contributed by atoms with van der Waals surface area (Å²) in [7, 11) is 0. The molecule has 3 nitrogen and oxygen atoms in total. The van der Waals surface area contributed by atoms with Gasteiger partial charge in [0.2, 0.25) is 0 Å². The second-order valence-corrected chi connectivity index (χ2v) is 6.70. The Kier molecular flexibility index (Phi) is 3.40. The Morgan fingerprint density at radius 1 is 1.10 bits per heavy atom. The molecule has 1 aromatic heterocycles. The summed E-state index contributed by atoms with van der Waals surface area (Å²) in [4.78, 5) is 7.22. The first kappa shape index (κ1) is 13.2. The highest BCUT2D eigenvalue weighted by atomic mass is 15.2. The molecule has 2 fully saturated rings. The number of likely N-dealkylation sites (tertiary alicyclic amines) is 1. The molecule has 2 aliphatic heterocycles. The molecule has 0 amide bonds. The Hall–Kier alpha value is -1.45. The molecule has 0 radical (unpaired) electrons. The molecule has 0 unspecified atom stereocenters. The highest BCUT2D eigenvalue weighted by molar-refractivity contribution is 5.81. The molecular formula is C18H23N3. The molecule has 1 N–H and O–H groups in total. The topological polar surface area (TPSA) is 28.2 Å². The van der Waals surface area contributed by atoms with Gasteiger partial charge >= 0.3 is 0 Å². The van der Waals surface area contributed by atoms with Gasteiger partial charge in [0.25, 0.3) is 0 Å². The van der Waals surface area contributed by atoms with Gasteiger partial charge in [-0.2, -0.15) is 0 Å². The SMILES string of the molecule is c1cnc2c(CN3CCC4(CCNCC4)C3)cccc2c1. The number of aromatic nitrogens is 1. The van der Waals surface area contributed by atoms with Crippen LogP contribution in [0.1, 0.15) is 24.8 Å². The van der Waals surface area contributed by atoms with Crippen molar-refractivity contribution < 1.29 is 0 Å². The normalized spacial score (nSPS) is 22.1. The Morgan fingerprint density at radius 2 is 1.95 bits per heavy atom. The molecule has 1 aromatic carbocycles. The molecule has 0 bridgehead atoms. The number of pyridine rings is 1. The predicted octanol–water partition coefficient (Wildman–Crippen LogP) is 2.81. The first-order valence-electron chi connectivity index (χ1n) is 8.10. The van der Waals surface area contributed by atoms with Gasteiger partial charge in [0.15, 0.2) is 0 Å². The van der Waals surface area contributed by atoms with Crippen LogP contribution in [0.5, 0.6) is 0 Å². The second kappa shape index (κ2) is 5.39. The lowest BCUT2D eigenvalue weighted by Gasteiger charge is -2.34. The van der Waals surface area contributed by atoms with Crippen molar-refractivity contribution in [3.05, 3.63) is 42.1 Å². The van der Waals surface area contributed by atoms with Crippen LogP contribution in [0.25, 0.3) is 10.9 Å². The van der Waals surface area contributed by atoms with E-state index in [0.29, 0.717) is 5.41 Å². The van der Waals surface area contributed by atoms with Gasteiger partial charge in [-0.1, -0.05) is 24.3 Å². The lowest BCUT2D eigenvalue weighted by atomic mass is 9.78. The molecule has 3 heterocycles. The van der Waals surface area contributed by atoms with Gasteiger partial charge in [-0.25, -0.2) is 0 Å². The summed E-state index contributed by atoms with van der Waals surface area (Å²) < 4.78 is 0. The van der Waals surface area contributed by atoms with Gasteiger partial charge in [0, 0.05) is 24.7 Å². The van der Waals surface area contributed by atoms with Crippen LogP contribution < -0.4 is 5.32 Å². The molecule has 0 saturated carbocycles. The van der Waals surface area contributed by atoms with Crippen molar-refractivity contribution >= 4 is 10.9 Å². The van der Waals surface area contributed by atoms with Gasteiger partial charge in [-0.05, 0) is 55.9 Å². The molecule has 21 heavy (non-hydrogen) atoms. The average molecular weight is 281 g/mol. The number of rotatable bonds is 2. The summed E-state index contributed by atoms with van der Waals surface area (Å²) in [5.41, 5.74) is 3.13. The first-order valence-corrected chi connectivity index (χ1v) is 8.10. The monoisotopic (exact) mass is 281 g/mol. The van der Waals surface area contributed by atoms with Crippen molar-refractivity contribution in [3.63, 3.8) is 0 Å². The molecule has 2 aromatic rings. The third kappa shape index (κ3) is 2.56. The van der Waals surface area contributed by atoms with Crippen LogP contribution in [0.2, 0.25) is 0 Å². The number of hydrogen-bond acceptors (Lipinski definition) is 3. The second-order valence-electron chi connectivity index (χ2n) is 6.70. The molecular weight excluding hydrogens is 258 g/mol. The van der Waals surface area contributed by atoms with Crippen LogP contribution in [0.15, 0.2) is 36.5 Å². The number of nitrogens with zero attached hydrogens (tertiary/aromatic N) is 2. The van der Waals surface area contributed by atoms with Gasteiger partial charge in [0.1, 0.15) is 0 Å². The van der Waals surface area contributed by atoms with Crippen molar-refractivity contribution in [2.24, 2.45) is 5.41 Å². The van der Waals surface area contributed by atoms with E-state index in [-0.39, 0.29) is 0 Å². The molecule has 1 spiro atoms. The quantitative estimate of drug-likeness (QED) is 0.917. The molecule has 110 valence electrons. The maximum atomic E-state index is 4.59. The molecule has 0 aliphatic carbocycles. The van der Waals surface area contributed by atoms with Crippen LogP contribution in [0.4, 0.5) is 0 Å². The smallest absolute Gasteiger partial charge is 0.0746 e. The fourth-order valence-corrected chi connectivity index (χ4v) is 4.06. The van der Waals surface area contributed by atoms with Crippen molar-refractivity contribution in [2.45, 2.75) is 25.8 Å². The van der Waals surface area contributed by atoms with Gasteiger partial charge < -0.3 is 5.32 Å². The minimum Gasteiger partial charge on any atom is -0.317 e. The maximum Gasteiger partial charge on any atom is 0.0746 e. The van der Waals surface area contributed by atoms with E-state index in [1.807, 2.05) is 12.3 Å². The minimum absolute atomic E-state index is 0.587. The molecule has 3 heteroatoms. The Morgan fingerprint density at radius 3 is 2.86 bits per heavy atom. The number of fused-ring (bicyclic) bond motifs is 1. The molecule has 2 saturated heterocycles. The third-order valence-electron chi connectivity index (χ3n) is 5.29. The Balaban J connectivity index is 1.53. The summed E-state index contributed by atoms with van der Waals surface area (Å²) in [6.07, 6.45) is 5.96. The van der Waals surface area contributed by atoms with Crippen LogP contribution >= 0.6 is 0 Å². The average Bonchev–Trinajstić information content (AvgIpc) is 2.91. The van der Waals surface area contributed by atoms with E-state index in [2.05, 4.69) is 39.5 Å². The fraction of sp³-hybridized carbons (Fsp3) is 0.500. The van der Waals surface area contributed by atoms with Crippen molar-refractivity contribution in [1.29, 1.82) is 0 Å². The third-order valence-corrected chi connectivity index (χ3v) is 5.29. The standard InChI is InChI=1S/C18H23N3/c1-3-15-5-2-9-20-17(15)16(4-1)13-21-12-8-18(14-21)6-10-19-11-7-18/h1-5,9,19H,6-8,10-14H2. The van der Waals surface area contributed by atoms with E-state index in [4.69, 9.17) is 0 Å².